The number of halogens is 2. The van der Waals surface area contributed by atoms with Crippen LogP contribution >= 0.6 is 11.6 Å². The van der Waals surface area contributed by atoms with E-state index in [-0.39, 0.29) is 29.5 Å². The molecule has 0 heterocycles. The van der Waals surface area contributed by atoms with Crippen LogP contribution in [0.25, 0.3) is 0 Å². The van der Waals surface area contributed by atoms with Gasteiger partial charge in [0.2, 0.25) is 11.8 Å². The number of hydrogen-bond acceptors (Lipinski definition) is 5. The normalized spacial score (nSPS) is 11.9. The van der Waals surface area contributed by atoms with E-state index in [1.54, 1.807) is 31.2 Å². The summed E-state index contributed by atoms with van der Waals surface area (Å²) in [5.41, 5.74) is 0.701. The third kappa shape index (κ3) is 8.45. The van der Waals surface area contributed by atoms with E-state index in [1.807, 2.05) is 13.8 Å². The first kappa shape index (κ1) is 32.9. The Labute approximate surface area is 252 Å². The van der Waals surface area contributed by atoms with Crippen LogP contribution in [-0.2, 0) is 26.2 Å². The van der Waals surface area contributed by atoms with E-state index >= 15 is 0 Å². The van der Waals surface area contributed by atoms with Crippen molar-refractivity contribution < 1.29 is 27.1 Å². The van der Waals surface area contributed by atoms with Crippen molar-refractivity contribution >= 4 is 39.1 Å². The molecule has 3 aromatic rings. The van der Waals surface area contributed by atoms with Gasteiger partial charge in [0.15, 0.2) is 0 Å². The topological polar surface area (TPSA) is 96.0 Å². The second kappa shape index (κ2) is 15.6. The molecule has 1 atom stereocenters. The molecule has 0 aliphatic rings. The fourth-order valence-electron chi connectivity index (χ4n) is 4.37. The number of nitrogens with one attached hydrogen (secondary N) is 1. The average Bonchev–Trinajstić information content (AvgIpc) is 2.97. The molecule has 0 saturated carbocycles. The molecule has 3 rings (SSSR count). The molecule has 0 unspecified atom stereocenters. The van der Waals surface area contributed by atoms with Gasteiger partial charge in [-0.3, -0.25) is 13.9 Å². The highest BCUT2D eigenvalue weighted by atomic mass is 35.5. The predicted molar refractivity (Wildman–Crippen MR) is 163 cm³/mol. The lowest BCUT2D eigenvalue weighted by atomic mass is 10.1. The molecule has 2 amide bonds. The summed E-state index contributed by atoms with van der Waals surface area (Å²) in [6.45, 7) is 5.82. The molecule has 0 aliphatic heterocycles. The molecule has 0 aliphatic carbocycles. The number of amides is 2. The number of nitrogens with zero attached hydrogens (tertiary/aromatic N) is 2. The van der Waals surface area contributed by atoms with Gasteiger partial charge in [0.05, 0.1) is 17.2 Å². The highest BCUT2D eigenvalue weighted by Crippen LogP contribution is 2.27. The lowest BCUT2D eigenvalue weighted by Gasteiger charge is -2.33. The molecule has 11 heteroatoms. The summed E-state index contributed by atoms with van der Waals surface area (Å²) in [6.07, 6.45) is 1.95. The second-order valence-corrected chi connectivity index (χ2v) is 11.8. The van der Waals surface area contributed by atoms with Gasteiger partial charge in [0.25, 0.3) is 10.0 Å². The van der Waals surface area contributed by atoms with Crippen LogP contribution in [0.3, 0.4) is 0 Å². The minimum absolute atomic E-state index is 0.0153. The van der Waals surface area contributed by atoms with Crippen LogP contribution in [0.1, 0.15) is 45.6 Å². The lowest BCUT2D eigenvalue weighted by molar-refractivity contribution is -0.140. The van der Waals surface area contributed by atoms with Gasteiger partial charge in [0.1, 0.15) is 24.2 Å². The molecule has 0 bridgehead atoms. The number of ether oxygens (including phenoxy) is 1. The van der Waals surface area contributed by atoms with Crippen molar-refractivity contribution in [2.45, 2.75) is 57.5 Å². The van der Waals surface area contributed by atoms with Crippen LogP contribution < -0.4 is 14.4 Å². The summed E-state index contributed by atoms with van der Waals surface area (Å²) in [7, 11) is -4.30. The highest BCUT2D eigenvalue weighted by Gasteiger charge is 2.34. The summed E-state index contributed by atoms with van der Waals surface area (Å²) in [5, 5.41) is 3.29. The maximum absolute atomic E-state index is 14.1. The molecule has 0 fully saturated rings. The number of unbranched alkanes of at least 4 members (excludes halogenated alkanes) is 1. The minimum Gasteiger partial charge on any atom is -0.494 e. The van der Waals surface area contributed by atoms with Gasteiger partial charge < -0.3 is 15.0 Å². The van der Waals surface area contributed by atoms with Crippen LogP contribution in [0, 0.1) is 5.82 Å². The van der Waals surface area contributed by atoms with Gasteiger partial charge in [-0.1, -0.05) is 50.1 Å². The number of hydrogen-bond donors (Lipinski definition) is 1. The maximum atomic E-state index is 14.1. The van der Waals surface area contributed by atoms with E-state index in [2.05, 4.69) is 5.32 Å². The van der Waals surface area contributed by atoms with E-state index in [0.717, 1.165) is 29.3 Å². The number of rotatable bonds is 15. The van der Waals surface area contributed by atoms with E-state index in [0.29, 0.717) is 29.5 Å². The Bertz CT molecular complexity index is 1440. The Morgan fingerprint density at radius 2 is 1.64 bits per heavy atom. The van der Waals surface area contributed by atoms with E-state index in [4.69, 9.17) is 16.3 Å². The first-order chi connectivity index (χ1) is 20.1. The molecule has 3 aromatic carbocycles. The van der Waals surface area contributed by atoms with Gasteiger partial charge in [-0.25, -0.2) is 12.8 Å². The van der Waals surface area contributed by atoms with Gasteiger partial charge in [-0.15, -0.1) is 0 Å². The average molecular weight is 618 g/mol. The molecule has 0 radical (unpaired) electrons. The third-order valence-corrected chi connectivity index (χ3v) is 8.79. The third-order valence-electron chi connectivity index (χ3n) is 6.63. The van der Waals surface area contributed by atoms with Crippen molar-refractivity contribution in [2.75, 3.05) is 24.0 Å². The van der Waals surface area contributed by atoms with Crippen molar-refractivity contribution in [3.05, 3.63) is 89.2 Å². The maximum Gasteiger partial charge on any atom is 0.264 e. The highest BCUT2D eigenvalue weighted by molar-refractivity contribution is 7.92. The quantitative estimate of drug-likeness (QED) is 0.218. The van der Waals surface area contributed by atoms with Gasteiger partial charge in [-0.05, 0) is 79.9 Å². The Hall–Kier alpha value is -3.63. The number of carbonyl (C=O) groups is 2. The Morgan fingerprint density at radius 3 is 2.24 bits per heavy atom. The second-order valence-electron chi connectivity index (χ2n) is 9.57. The number of carbonyl (C=O) groups excluding carboxylic acids is 2. The van der Waals surface area contributed by atoms with Gasteiger partial charge >= 0.3 is 0 Å². The van der Waals surface area contributed by atoms with Crippen molar-refractivity contribution in [2.24, 2.45) is 0 Å². The molecule has 0 saturated heterocycles. The van der Waals surface area contributed by atoms with Crippen LogP contribution in [0.2, 0.25) is 5.02 Å². The SMILES string of the molecule is CCCCNC(=O)[C@H](CC)N(Cc1ccccc1Cl)C(=O)CN(c1ccc(F)cc1)S(=O)(=O)c1ccc(OCC)cc1. The fraction of sp³-hybridized carbons (Fsp3) is 0.355. The zero-order valence-electron chi connectivity index (χ0n) is 24.1. The smallest absolute Gasteiger partial charge is 0.264 e. The monoisotopic (exact) mass is 617 g/mol. The molecule has 8 nitrogen and oxygen atoms in total. The summed E-state index contributed by atoms with van der Waals surface area (Å²) >= 11 is 6.42. The molecular formula is C31H37ClFN3O5S. The fourth-order valence-corrected chi connectivity index (χ4v) is 5.98. The van der Waals surface area contributed by atoms with Crippen molar-refractivity contribution in [3.63, 3.8) is 0 Å². The van der Waals surface area contributed by atoms with Crippen LogP contribution in [0.5, 0.6) is 5.75 Å². The van der Waals surface area contributed by atoms with Crippen molar-refractivity contribution in [1.29, 1.82) is 0 Å². The van der Waals surface area contributed by atoms with Crippen molar-refractivity contribution in [1.82, 2.24) is 10.2 Å². The largest absolute Gasteiger partial charge is 0.494 e. The molecular weight excluding hydrogens is 581 g/mol. The van der Waals surface area contributed by atoms with Gasteiger partial charge in [-0.2, -0.15) is 0 Å². The van der Waals surface area contributed by atoms with Crippen LogP contribution in [-0.4, -0.2) is 50.9 Å². The van der Waals surface area contributed by atoms with Crippen LogP contribution in [0.4, 0.5) is 10.1 Å². The number of anilines is 1. The molecule has 0 spiro atoms. The molecule has 42 heavy (non-hydrogen) atoms. The Balaban J connectivity index is 2.03. The zero-order valence-corrected chi connectivity index (χ0v) is 25.6. The number of sulfonamides is 1. The van der Waals surface area contributed by atoms with E-state index in [1.165, 1.54) is 41.3 Å². The minimum atomic E-state index is -4.30. The number of benzene rings is 3. The Kier molecular flexibility index (Phi) is 12.2. The van der Waals surface area contributed by atoms with Crippen LogP contribution in [0.15, 0.2) is 77.7 Å². The lowest BCUT2D eigenvalue weighted by Crippen LogP contribution is -2.52. The van der Waals surface area contributed by atoms with Crippen molar-refractivity contribution in [3.8, 4) is 5.75 Å². The van der Waals surface area contributed by atoms with E-state index in [9.17, 15) is 22.4 Å². The molecule has 0 aromatic heterocycles. The summed E-state index contributed by atoms with van der Waals surface area (Å²) in [4.78, 5) is 28.6. The summed E-state index contributed by atoms with van der Waals surface area (Å²) in [5.74, 6) is -1.02. The summed E-state index contributed by atoms with van der Waals surface area (Å²) < 4.78 is 48.0. The standard InChI is InChI=1S/C31H37ClFN3O5S/c1-4-7-20-34-31(38)29(5-2)35(21-23-10-8-9-11-28(23)32)30(37)22-36(25-14-12-24(33)13-15-25)42(39,40)27-18-16-26(17-19-27)41-6-3/h8-19,29H,4-7,20-22H2,1-3H3,(H,34,38)/t29-/m0/s1. The predicted octanol–water partition coefficient (Wildman–Crippen LogP) is 5.80. The van der Waals surface area contributed by atoms with Gasteiger partial charge in [0, 0.05) is 18.1 Å². The molecule has 1 N–H and O–H groups in total. The first-order valence-electron chi connectivity index (χ1n) is 13.9. The summed E-state index contributed by atoms with van der Waals surface area (Å²) in [6, 6.07) is 16.7. The Morgan fingerprint density at radius 1 is 0.976 bits per heavy atom. The first-order valence-corrected chi connectivity index (χ1v) is 15.8. The van der Waals surface area contributed by atoms with E-state index < -0.39 is 34.3 Å². The zero-order chi connectivity index (χ0) is 30.7. The molecule has 226 valence electrons.